The van der Waals surface area contributed by atoms with Crippen LogP contribution in [0.25, 0.3) is 11.0 Å². The SMILES string of the molecule is Cc1ccc(S(=O)(=O)Nc2cccc(C(=O)c3cn(CCO)c4ncnc(N)c34)c2)cc1Cl. The average molecular weight is 486 g/mol. The van der Waals surface area contributed by atoms with E-state index >= 15 is 0 Å². The summed E-state index contributed by atoms with van der Waals surface area (Å²) in [4.78, 5) is 21.5. The molecular formula is C22H20ClN5O4S. The Morgan fingerprint density at radius 1 is 1.21 bits per heavy atom. The molecule has 2 aromatic carbocycles. The van der Waals surface area contributed by atoms with Crippen LogP contribution in [0.4, 0.5) is 11.5 Å². The number of halogens is 1. The predicted octanol–water partition coefficient (Wildman–Crippen LogP) is 3.00. The van der Waals surface area contributed by atoms with E-state index in [2.05, 4.69) is 14.7 Å². The van der Waals surface area contributed by atoms with Gasteiger partial charge < -0.3 is 15.4 Å². The van der Waals surface area contributed by atoms with Gasteiger partial charge in [-0.25, -0.2) is 18.4 Å². The molecule has 4 N–H and O–H groups in total. The highest BCUT2D eigenvalue weighted by molar-refractivity contribution is 7.92. The minimum absolute atomic E-state index is 0.00632. The van der Waals surface area contributed by atoms with Gasteiger partial charge >= 0.3 is 0 Å². The lowest BCUT2D eigenvalue weighted by atomic mass is 10.0. The highest BCUT2D eigenvalue weighted by Gasteiger charge is 2.21. The highest BCUT2D eigenvalue weighted by atomic mass is 35.5. The molecule has 0 amide bonds. The molecule has 0 unspecified atom stereocenters. The number of nitrogens with one attached hydrogen (secondary N) is 1. The zero-order chi connectivity index (χ0) is 23.8. The molecule has 170 valence electrons. The first-order valence-corrected chi connectivity index (χ1v) is 11.7. The van der Waals surface area contributed by atoms with E-state index in [0.29, 0.717) is 16.1 Å². The first-order valence-electron chi connectivity index (χ1n) is 9.85. The van der Waals surface area contributed by atoms with Crippen molar-refractivity contribution in [2.45, 2.75) is 18.4 Å². The van der Waals surface area contributed by atoms with Crippen LogP contribution in [0.3, 0.4) is 0 Å². The summed E-state index contributed by atoms with van der Waals surface area (Å²) in [7, 11) is -3.92. The van der Waals surface area contributed by atoms with Crippen LogP contribution in [0.2, 0.25) is 5.02 Å². The van der Waals surface area contributed by atoms with Gasteiger partial charge in [0.25, 0.3) is 10.0 Å². The fraction of sp³-hybridized carbons (Fsp3) is 0.136. The fourth-order valence-corrected chi connectivity index (χ4v) is 4.75. The number of carbonyl (C=O) groups is 1. The number of hydrogen-bond acceptors (Lipinski definition) is 7. The number of aliphatic hydroxyl groups excluding tert-OH is 1. The zero-order valence-corrected chi connectivity index (χ0v) is 19.1. The van der Waals surface area contributed by atoms with Gasteiger partial charge in [0.1, 0.15) is 17.8 Å². The van der Waals surface area contributed by atoms with Crippen LogP contribution >= 0.6 is 11.6 Å². The molecule has 0 aliphatic rings. The van der Waals surface area contributed by atoms with Crippen molar-refractivity contribution in [1.29, 1.82) is 0 Å². The van der Waals surface area contributed by atoms with Crippen molar-refractivity contribution >= 4 is 49.9 Å². The zero-order valence-electron chi connectivity index (χ0n) is 17.5. The lowest BCUT2D eigenvalue weighted by Crippen LogP contribution is -2.13. The van der Waals surface area contributed by atoms with Crippen molar-refractivity contribution < 1.29 is 18.3 Å². The van der Waals surface area contributed by atoms with Gasteiger partial charge in [-0.2, -0.15) is 0 Å². The van der Waals surface area contributed by atoms with Crippen LogP contribution in [0.15, 0.2) is 59.9 Å². The molecule has 2 heterocycles. The maximum absolute atomic E-state index is 13.3. The predicted molar refractivity (Wildman–Crippen MR) is 126 cm³/mol. The van der Waals surface area contributed by atoms with Crippen LogP contribution in [-0.2, 0) is 16.6 Å². The van der Waals surface area contributed by atoms with Crippen LogP contribution in [0.5, 0.6) is 0 Å². The maximum atomic E-state index is 13.3. The molecule has 11 heteroatoms. The number of aliphatic hydroxyl groups is 1. The highest BCUT2D eigenvalue weighted by Crippen LogP contribution is 2.28. The summed E-state index contributed by atoms with van der Waals surface area (Å²) in [6.07, 6.45) is 2.84. The molecule has 0 saturated carbocycles. The van der Waals surface area contributed by atoms with Gasteiger partial charge in [-0.15, -0.1) is 0 Å². The largest absolute Gasteiger partial charge is 0.395 e. The van der Waals surface area contributed by atoms with Crippen molar-refractivity contribution in [2.24, 2.45) is 0 Å². The minimum Gasteiger partial charge on any atom is -0.395 e. The Bertz CT molecular complexity index is 1480. The van der Waals surface area contributed by atoms with Crippen molar-refractivity contribution in [2.75, 3.05) is 17.1 Å². The van der Waals surface area contributed by atoms with Gasteiger partial charge in [0, 0.05) is 29.0 Å². The Morgan fingerprint density at radius 3 is 2.73 bits per heavy atom. The number of rotatable bonds is 7. The first kappa shape index (κ1) is 22.7. The third-order valence-corrected chi connectivity index (χ3v) is 6.89. The lowest BCUT2D eigenvalue weighted by Gasteiger charge is -2.10. The normalized spacial score (nSPS) is 11.6. The van der Waals surface area contributed by atoms with E-state index in [-0.39, 0.29) is 40.7 Å². The molecule has 0 atom stereocenters. The summed E-state index contributed by atoms with van der Waals surface area (Å²) in [6, 6.07) is 10.6. The lowest BCUT2D eigenvalue weighted by molar-refractivity contribution is 0.104. The Morgan fingerprint density at radius 2 is 2.00 bits per heavy atom. The summed E-state index contributed by atoms with van der Waals surface area (Å²) >= 11 is 6.07. The molecule has 0 saturated heterocycles. The Hall–Kier alpha value is -3.47. The van der Waals surface area contributed by atoms with E-state index in [9.17, 15) is 18.3 Å². The first-order chi connectivity index (χ1) is 15.7. The average Bonchev–Trinajstić information content (AvgIpc) is 3.15. The Labute approximate surface area is 194 Å². The van der Waals surface area contributed by atoms with Crippen LogP contribution in [0, 0.1) is 6.92 Å². The molecule has 0 radical (unpaired) electrons. The summed E-state index contributed by atoms with van der Waals surface area (Å²) in [5.41, 5.74) is 7.88. The third kappa shape index (κ3) is 4.40. The summed E-state index contributed by atoms with van der Waals surface area (Å²) in [6.45, 7) is 1.84. The molecule has 0 fully saturated rings. The van der Waals surface area contributed by atoms with Gasteiger partial charge in [0.15, 0.2) is 5.78 Å². The number of anilines is 2. The number of fused-ring (bicyclic) bond motifs is 1. The van der Waals surface area contributed by atoms with E-state index in [1.807, 2.05) is 0 Å². The van der Waals surface area contributed by atoms with Crippen molar-refractivity contribution in [3.8, 4) is 0 Å². The summed E-state index contributed by atoms with van der Waals surface area (Å²) in [5.74, 6) is -0.259. The second kappa shape index (κ2) is 8.81. The number of sulfonamides is 1. The van der Waals surface area contributed by atoms with Gasteiger partial charge in [0.05, 0.1) is 22.5 Å². The smallest absolute Gasteiger partial charge is 0.261 e. The molecule has 0 bridgehead atoms. The number of benzene rings is 2. The van der Waals surface area contributed by atoms with Crippen LogP contribution in [0.1, 0.15) is 21.5 Å². The van der Waals surface area contributed by atoms with E-state index in [0.717, 1.165) is 5.56 Å². The van der Waals surface area contributed by atoms with Crippen LogP contribution < -0.4 is 10.5 Å². The molecule has 4 rings (SSSR count). The Kier molecular flexibility index (Phi) is 6.07. The number of nitrogens with zero attached hydrogens (tertiary/aromatic N) is 3. The van der Waals surface area contributed by atoms with E-state index in [1.165, 1.54) is 30.6 Å². The van der Waals surface area contributed by atoms with E-state index < -0.39 is 15.8 Å². The van der Waals surface area contributed by atoms with Crippen molar-refractivity contribution in [3.05, 3.63) is 76.7 Å². The van der Waals surface area contributed by atoms with Gasteiger partial charge in [0.2, 0.25) is 0 Å². The minimum atomic E-state index is -3.92. The van der Waals surface area contributed by atoms with Crippen LogP contribution in [-0.4, -0.2) is 40.4 Å². The standard InChI is InChI=1S/C22H20ClN5O4S/c1-13-5-6-16(10-18(13)23)33(31,32)27-15-4-2-3-14(9-15)20(30)17-11-28(7-8-29)22-19(17)21(24)25-12-26-22/h2-6,9-12,27,29H,7-8H2,1H3,(H2,24,25,26). The van der Waals surface area contributed by atoms with Crippen molar-refractivity contribution in [1.82, 2.24) is 14.5 Å². The Balaban J connectivity index is 1.70. The van der Waals surface area contributed by atoms with E-state index in [1.54, 1.807) is 35.9 Å². The number of aryl methyl sites for hydroxylation is 1. The van der Waals surface area contributed by atoms with Gasteiger partial charge in [-0.1, -0.05) is 29.8 Å². The van der Waals surface area contributed by atoms with Crippen molar-refractivity contribution in [3.63, 3.8) is 0 Å². The molecule has 0 spiro atoms. The summed E-state index contributed by atoms with van der Waals surface area (Å²) < 4.78 is 29.7. The van der Waals surface area contributed by atoms with Gasteiger partial charge in [-0.3, -0.25) is 9.52 Å². The molecular weight excluding hydrogens is 466 g/mol. The third-order valence-electron chi connectivity index (χ3n) is 5.10. The molecule has 9 nitrogen and oxygen atoms in total. The molecule has 4 aromatic rings. The molecule has 0 aliphatic heterocycles. The maximum Gasteiger partial charge on any atom is 0.261 e. The monoisotopic (exact) mass is 485 g/mol. The number of nitrogens with two attached hydrogens (primary N) is 1. The summed E-state index contributed by atoms with van der Waals surface area (Å²) in [5, 5.41) is 10.0. The van der Waals surface area contributed by atoms with Gasteiger partial charge in [-0.05, 0) is 36.8 Å². The van der Waals surface area contributed by atoms with E-state index in [4.69, 9.17) is 17.3 Å². The molecule has 2 aromatic heterocycles. The number of hydrogen-bond donors (Lipinski definition) is 3. The second-order valence-corrected chi connectivity index (χ2v) is 9.43. The quantitative estimate of drug-likeness (QED) is 0.342. The number of nitrogen functional groups attached to an aromatic ring is 1. The molecule has 33 heavy (non-hydrogen) atoms. The number of ketones is 1. The topological polar surface area (TPSA) is 140 Å². The fourth-order valence-electron chi connectivity index (χ4n) is 3.43. The molecule has 0 aliphatic carbocycles. The second-order valence-electron chi connectivity index (χ2n) is 7.34. The number of carbonyl (C=O) groups excluding carboxylic acids is 1. The number of aromatic nitrogens is 3.